The van der Waals surface area contributed by atoms with Crippen molar-refractivity contribution in [3.63, 3.8) is 0 Å². The normalized spacial score (nSPS) is 12.4. The van der Waals surface area contributed by atoms with Crippen LogP contribution in [0, 0.1) is 0 Å². The molecule has 1 aliphatic rings. The van der Waals surface area contributed by atoms with Crippen LogP contribution in [0.1, 0.15) is 22.3 Å². The highest BCUT2D eigenvalue weighted by atomic mass is 16.7. The molecule has 2 heteroatoms. The van der Waals surface area contributed by atoms with E-state index in [0.717, 1.165) is 44.2 Å². The number of fused-ring (bicyclic) bond motifs is 7. The first-order valence-electron chi connectivity index (χ1n) is 17.3. The predicted octanol–water partition coefficient (Wildman–Crippen LogP) is 13.1. The Morgan fingerprint density at radius 1 is 0.333 bits per heavy atom. The maximum absolute atomic E-state index is 6.19. The summed E-state index contributed by atoms with van der Waals surface area (Å²) in [6.45, 7) is 0.170. The minimum Gasteiger partial charge on any atom is -0.457 e. The van der Waals surface area contributed by atoms with E-state index in [4.69, 9.17) is 9.47 Å². The molecule has 0 amide bonds. The van der Waals surface area contributed by atoms with Crippen molar-refractivity contribution < 1.29 is 9.47 Å². The molecule has 0 saturated carbocycles. The molecule has 0 fully saturated rings. The molecule has 0 spiro atoms. The van der Waals surface area contributed by atoms with Crippen LogP contribution in [0.4, 0.5) is 0 Å². The van der Waals surface area contributed by atoms with Gasteiger partial charge in [-0.1, -0.05) is 170 Å². The van der Waals surface area contributed by atoms with Crippen LogP contribution in [0.3, 0.4) is 0 Å². The second-order valence-corrected chi connectivity index (χ2v) is 12.9. The molecule has 0 saturated heterocycles. The highest BCUT2D eigenvalue weighted by molar-refractivity contribution is 6.11. The largest absolute Gasteiger partial charge is 0.457 e. The average Bonchev–Trinajstić information content (AvgIpc) is 3.40. The number of hydrogen-bond donors (Lipinski definition) is 0. The van der Waals surface area contributed by atoms with Gasteiger partial charge in [0, 0.05) is 11.1 Å². The van der Waals surface area contributed by atoms with E-state index in [1.807, 2.05) is 12.1 Å². The Balaban J connectivity index is 1.04. The summed E-state index contributed by atoms with van der Waals surface area (Å²) in [5, 5.41) is 4.60. The van der Waals surface area contributed by atoms with Gasteiger partial charge in [-0.15, -0.1) is 0 Å². The van der Waals surface area contributed by atoms with Crippen LogP contribution in [0.15, 0.2) is 170 Å². The van der Waals surface area contributed by atoms with Gasteiger partial charge >= 0.3 is 0 Å². The number of rotatable bonds is 6. The highest BCUT2D eigenvalue weighted by Gasteiger charge is 2.22. The van der Waals surface area contributed by atoms with Gasteiger partial charge in [0.25, 0.3) is 0 Å². The molecule has 2 nitrogen and oxygen atoms in total. The SMILES string of the molecule is C(=C/c1ccc(-c2ccc3c4c(ccc3c2)OCOc2ccc3cc(-c5ccc(/C=C\c6ccccc6)cc5)ccc3c2-4)cc1)/c1ccccc1. The highest BCUT2D eigenvalue weighted by Crippen LogP contribution is 2.48. The van der Waals surface area contributed by atoms with E-state index in [2.05, 4.69) is 182 Å². The zero-order valence-electron chi connectivity index (χ0n) is 28.0. The molecule has 0 N–H and O–H groups in total. The molecule has 0 radical (unpaired) electrons. The van der Waals surface area contributed by atoms with Gasteiger partial charge in [-0.3, -0.25) is 0 Å². The van der Waals surface area contributed by atoms with Gasteiger partial charge in [-0.2, -0.15) is 0 Å². The third-order valence-electron chi connectivity index (χ3n) is 9.67. The van der Waals surface area contributed by atoms with Crippen LogP contribution in [-0.4, -0.2) is 6.79 Å². The van der Waals surface area contributed by atoms with Crippen molar-refractivity contribution >= 4 is 45.8 Å². The van der Waals surface area contributed by atoms with E-state index in [9.17, 15) is 0 Å². The van der Waals surface area contributed by atoms with Crippen molar-refractivity contribution in [2.75, 3.05) is 6.79 Å². The average molecular weight is 655 g/mol. The lowest BCUT2D eigenvalue weighted by atomic mass is 9.90. The molecule has 0 aromatic heterocycles. The van der Waals surface area contributed by atoms with Crippen molar-refractivity contribution in [2.45, 2.75) is 0 Å². The Labute approximate surface area is 298 Å². The van der Waals surface area contributed by atoms with Crippen LogP contribution >= 0.6 is 0 Å². The summed E-state index contributed by atoms with van der Waals surface area (Å²) in [7, 11) is 0. The van der Waals surface area contributed by atoms with E-state index in [1.165, 1.54) is 44.5 Å². The lowest BCUT2D eigenvalue weighted by molar-refractivity contribution is 0.125. The Morgan fingerprint density at radius 2 is 0.706 bits per heavy atom. The van der Waals surface area contributed by atoms with Crippen LogP contribution < -0.4 is 9.47 Å². The van der Waals surface area contributed by atoms with Gasteiger partial charge in [0.2, 0.25) is 6.79 Å². The summed E-state index contributed by atoms with van der Waals surface area (Å²) in [6, 6.07) is 60.2. The molecule has 1 heterocycles. The van der Waals surface area contributed by atoms with Crippen molar-refractivity contribution in [3.05, 3.63) is 192 Å². The predicted molar refractivity (Wildman–Crippen MR) is 215 cm³/mol. The second-order valence-electron chi connectivity index (χ2n) is 12.9. The second kappa shape index (κ2) is 13.3. The minimum atomic E-state index is 0.170. The van der Waals surface area contributed by atoms with Gasteiger partial charge in [0.05, 0.1) is 0 Å². The maximum Gasteiger partial charge on any atom is 0.230 e. The van der Waals surface area contributed by atoms with Crippen molar-refractivity contribution in [1.29, 1.82) is 0 Å². The van der Waals surface area contributed by atoms with E-state index >= 15 is 0 Å². The smallest absolute Gasteiger partial charge is 0.230 e. The van der Waals surface area contributed by atoms with Crippen LogP contribution in [0.2, 0.25) is 0 Å². The fraction of sp³-hybridized carbons (Fsp3) is 0.0204. The molecule has 242 valence electrons. The topological polar surface area (TPSA) is 18.5 Å². The maximum atomic E-state index is 6.19. The molecule has 0 aliphatic carbocycles. The van der Waals surface area contributed by atoms with E-state index in [0.29, 0.717) is 0 Å². The van der Waals surface area contributed by atoms with Gasteiger partial charge in [-0.25, -0.2) is 0 Å². The third-order valence-corrected chi connectivity index (χ3v) is 9.67. The summed E-state index contributed by atoms with van der Waals surface area (Å²) in [6.07, 6.45) is 8.61. The Hall–Kier alpha value is -6.64. The van der Waals surface area contributed by atoms with Crippen molar-refractivity contribution in [3.8, 4) is 44.9 Å². The Kier molecular flexibility index (Phi) is 7.96. The zero-order chi connectivity index (χ0) is 34.0. The summed E-state index contributed by atoms with van der Waals surface area (Å²) < 4.78 is 12.4. The third kappa shape index (κ3) is 6.20. The fourth-order valence-corrected chi connectivity index (χ4v) is 6.98. The lowest BCUT2D eigenvalue weighted by Gasteiger charge is -2.15. The molecule has 51 heavy (non-hydrogen) atoms. The molecule has 8 aromatic rings. The lowest BCUT2D eigenvalue weighted by Crippen LogP contribution is -2.03. The first-order valence-corrected chi connectivity index (χ1v) is 17.3. The van der Waals surface area contributed by atoms with Crippen molar-refractivity contribution in [2.24, 2.45) is 0 Å². The molecule has 8 aromatic carbocycles. The van der Waals surface area contributed by atoms with Gasteiger partial charge in [0.15, 0.2) is 0 Å². The molecular weight excluding hydrogens is 621 g/mol. The van der Waals surface area contributed by atoms with Crippen LogP contribution in [-0.2, 0) is 0 Å². The van der Waals surface area contributed by atoms with E-state index in [-0.39, 0.29) is 6.79 Å². The standard InChI is InChI=1S/C49H34O2/c1-3-7-34(8-4-1)11-13-36-15-19-38(20-16-36)40-23-27-44-42(31-40)25-29-46-48(44)49-45-28-24-41(32-43(45)26-30-47(49)51-33-50-46)39-21-17-37(18-22-39)14-12-35-9-5-2-6-10-35/h1-32H,33H2/b13-11-,14-12-. The van der Waals surface area contributed by atoms with E-state index in [1.54, 1.807) is 0 Å². The van der Waals surface area contributed by atoms with Gasteiger partial charge in [-0.05, 0) is 90.3 Å². The first-order chi connectivity index (χ1) is 25.2. The molecule has 0 bridgehead atoms. The quantitative estimate of drug-likeness (QED) is 0.166. The first kappa shape index (κ1) is 30.4. The Morgan fingerprint density at radius 3 is 1.12 bits per heavy atom. The van der Waals surface area contributed by atoms with Crippen LogP contribution in [0.5, 0.6) is 11.5 Å². The molecule has 9 rings (SSSR count). The summed E-state index contributed by atoms with van der Waals surface area (Å²) >= 11 is 0. The molecule has 0 atom stereocenters. The molecule has 1 aliphatic heterocycles. The zero-order valence-corrected chi connectivity index (χ0v) is 28.0. The Bertz CT molecular complexity index is 2380. The van der Waals surface area contributed by atoms with Gasteiger partial charge in [0.1, 0.15) is 11.5 Å². The molecular formula is C49H34O2. The van der Waals surface area contributed by atoms with E-state index < -0.39 is 0 Å². The summed E-state index contributed by atoms with van der Waals surface area (Å²) in [4.78, 5) is 0. The summed E-state index contributed by atoms with van der Waals surface area (Å²) in [5.74, 6) is 1.67. The number of hydrogen-bond acceptors (Lipinski definition) is 2. The molecule has 0 unspecified atom stereocenters. The number of benzene rings is 8. The number of ether oxygens (including phenoxy) is 2. The monoisotopic (exact) mass is 654 g/mol. The van der Waals surface area contributed by atoms with Crippen molar-refractivity contribution in [1.82, 2.24) is 0 Å². The summed E-state index contributed by atoms with van der Waals surface area (Å²) in [5.41, 5.74) is 11.6. The minimum absolute atomic E-state index is 0.170. The van der Waals surface area contributed by atoms with Crippen LogP contribution in [0.25, 0.3) is 79.2 Å². The van der Waals surface area contributed by atoms with Gasteiger partial charge < -0.3 is 9.47 Å². The fourth-order valence-electron chi connectivity index (χ4n) is 6.98.